The Kier molecular flexibility index (Phi) is 5.80. The first-order chi connectivity index (χ1) is 13.0. The number of aryl methyl sites for hydroxylation is 2. The van der Waals surface area contributed by atoms with E-state index >= 15 is 0 Å². The highest BCUT2D eigenvalue weighted by Gasteiger charge is 2.16. The van der Waals surface area contributed by atoms with Crippen molar-refractivity contribution in [1.82, 2.24) is 0 Å². The van der Waals surface area contributed by atoms with E-state index in [1.807, 2.05) is 12.1 Å². The number of amides is 1. The van der Waals surface area contributed by atoms with Gasteiger partial charge in [0.05, 0.1) is 11.3 Å². The third-order valence-electron chi connectivity index (χ3n) is 4.50. The number of ether oxygens (including phenoxy) is 1. The molecule has 7 nitrogen and oxygen atoms in total. The maximum absolute atomic E-state index is 12.0. The lowest BCUT2D eigenvalue weighted by Crippen LogP contribution is -2.22. The molecule has 140 valence electrons. The summed E-state index contributed by atoms with van der Waals surface area (Å²) in [5, 5.41) is 13.3. The van der Waals surface area contributed by atoms with Gasteiger partial charge in [0, 0.05) is 6.07 Å². The first kappa shape index (κ1) is 18.6. The molecule has 2 aromatic rings. The van der Waals surface area contributed by atoms with Gasteiger partial charge in [-0.3, -0.25) is 19.7 Å². The number of carbonyl (C=O) groups is 2. The first-order valence-electron chi connectivity index (χ1n) is 8.82. The van der Waals surface area contributed by atoms with Crippen LogP contribution in [0.4, 0.5) is 11.4 Å². The van der Waals surface area contributed by atoms with Gasteiger partial charge in [-0.2, -0.15) is 0 Å². The lowest BCUT2D eigenvalue weighted by molar-refractivity contribution is -0.383. The average molecular weight is 368 g/mol. The first-order valence-corrected chi connectivity index (χ1v) is 8.82. The van der Waals surface area contributed by atoms with E-state index in [1.54, 1.807) is 6.07 Å². The van der Waals surface area contributed by atoms with Crippen LogP contribution in [0.1, 0.15) is 29.5 Å². The number of carbonyl (C=O) groups excluding carboxylic acids is 2. The van der Waals surface area contributed by atoms with Crippen LogP contribution in [0, 0.1) is 10.1 Å². The Labute approximate surface area is 156 Å². The summed E-state index contributed by atoms with van der Waals surface area (Å²) in [6.07, 6.45) is 4.55. The van der Waals surface area contributed by atoms with E-state index < -0.39 is 23.4 Å². The van der Waals surface area contributed by atoms with Crippen LogP contribution in [0.15, 0.2) is 42.5 Å². The predicted molar refractivity (Wildman–Crippen MR) is 99.5 cm³/mol. The Bertz CT molecular complexity index is 878. The molecule has 3 rings (SSSR count). The van der Waals surface area contributed by atoms with Crippen molar-refractivity contribution in [3.63, 3.8) is 0 Å². The smallest absolute Gasteiger partial charge is 0.310 e. The van der Waals surface area contributed by atoms with Crippen LogP contribution in [-0.4, -0.2) is 23.4 Å². The molecule has 0 aliphatic heterocycles. The van der Waals surface area contributed by atoms with Crippen molar-refractivity contribution < 1.29 is 19.2 Å². The summed E-state index contributed by atoms with van der Waals surface area (Å²) in [4.78, 5) is 34.3. The molecule has 0 unspecified atom stereocenters. The van der Waals surface area contributed by atoms with E-state index in [9.17, 15) is 19.7 Å². The number of nitro benzene ring substituents is 1. The van der Waals surface area contributed by atoms with E-state index in [2.05, 4.69) is 11.4 Å². The number of benzene rings is 2. The Hall–Kier alpha value is -3.22. The molecule has 2 aromatic carbocycles. The number of nitro groups is 1. The zero-order chi connectivity index (χ0) is 19.2. The second-order valence-electron chi connectivity index (χ2n) is 6.47. The maximum Gasteiger partial charge on any atom is 0.310 e. The molecular formula is C20H20N2O5. The number of para-hydroxylation sites is 2. The molecule has 0 spiro atoms. The number of rotatable bonds is 6. The molecule has 0 heterocycles. The lowest BCUT2D eigenvalue weighted by Gasteiger charge is -2.16. The van der Waals surface area contributed by atoms with Gasteiger partial charge in [-0.15, -0.1) is 0 Å². The summed E-state index contributed by atoms with van der Waals surface area (Å²) in [5.74, 6) is -1.13. The summed E-state index contributed by atoms with van der Waals surface area (Å²) < 4.78 is 5.00. The summed E-state index contributed by atoms with van der Waals surface area (Å²) in [7, 11) is 0. The molecule has 0 fully saturated rings. The van der Waals surface area contributed by atoms with Gasteiger partial charge in [0.2, 0.25) is 0 Å². The minimum Gasteiger partial charge on any atom is -0.455 e. The molecule has 0 aromatic heterocycles. The molecule has 0 radical (unpaired) electrons. The topological polar surface area (TPSA) is 98.5 Å². The van der Waals surface area contributed by atoms with E-state index in [-0.39, 0.29) is 17.8 Å². The number of hydrogen-bond acceptors (Lipinski definition) is 5. The number of nitrogens with zero attached hydrogens (tertiary/aromatic N) is 1. The fourth-order valence-corrected chi connectivity index (χ4v) is 3.19. The van der Waals surface area contributed by atoms with Crippen LogP contribution in [0.5, 0.6) is 0 Å². The predicted octanol–water partition coefficient (Wildman–Crippen LogP) is 3.20. The SMILES string of the molecule is O=C(COC(=O)Cc1ccc2c(c1)CCCC2)Nc1ccccc1[N+](=O)[O-]. The molecule has 0 saturated carbocycles. The Balaban J connectivity index is 1.52. The van der Waals surface area contributed by atoms with Gasteiger partial charge in [0.25, 0.3) is 11.6 Å². The molecule has 1 aliphatic rings. The van der Waals surface area contributed by atoms with Gasteiger partial charge < -0.3 is 10.1 Å². The molecule has 1 aliphatic carbocycles. The third-order valence-corrected chi connectivity index (χ3v) is 4.50. The van der Waals surface area contributed by atoms with E-state index in [0.29, 0.717) is 0 Å². The molecule has 1 amide bonds. The van der Waals surface area contributed by atoms with Crippen molar-refractivity contribution in [3.05, 3.63) is 69.3 Å². The minimum absolute atomic E-state index is 0.0678. The Morgan fingerprint density at radius 3 is 2.59 bits per heavy atom. The zero-order valence-electron chi connectivity index (χ0n) is 14.8. The second-order valence-corrected chi connectivity index (χ2v) is 6.47. The number of hydrogen-bond donors (Lipinski definition) is 1. The fraction of sp³-hybridized carbons (Fsp3) is 0.300. The molecule has 7 heteroatoms. The highest BCUT2D eigenvalue weighted by molar-refractivity contribution is 5.94. The van der Waals surface area contributed by atoms with Gasteiger partial charge >= 0.3 is 5.97 Å². The molecule has 0 saturated heterocycles. The Morgan fingerprint density at radius 2 is 1.81 bits per heavy atom. The average Bonchev–Trinajstić information content (AvgIpc) is 2.66. The van der Waals surface area contributed by atoms with Crippen molar-refractivity contribution in [1.29, 1.82) is 0 Å². The second kappa shape index (κ2) is 8.44. The van der Waals surface area contributed by atoms with Crippen molar-refractivity contribution in [2.45, 2.75) is 32.1 Å². The molecule has 27 heavy (non-hydrogen) atoms. The van der Waals surface area contributed by atoms with Gasteiger partial charge in [0.1, 0.15) is 5.69 Å². The maximum atomic E-state index is 12.0. The number of fused-ring (bicyclic) bond motifs is 1. The van der Waals surface area contributed by atoms with Crippen LogP contribution >= 0.6 is 0 Å². The van der Waals surface area contributed by atoms with Gasteiger partial charge in [0.15, 0.2) is 6.61 Å². The summed E-state index contributed by atoms with van der Waals surface area (Å²) in [6.45, 7) is -0.490. The van der Waals surface area contributed by atoms with E-state index in [1.165, 1.54) is 35.7 Å². The molecule has 0 atom stereocenters. The third kappa shape index (κ3) is 4.91. The van der Waals surface area contributed by atoms with E-state index in [0.717, 1.165) is 24.8 Å². The largest absolute Gasteiger partial charge is 0.455 e. The van der Waals surface area contributed by atoms with Gasteiger partial charge in [-0.05, 0) is 48.4 Å². The van der Waals surface area contributed by atoms with E-state index in [4.69, 9.17) is 4.74 Å². The highest BCUT2D eigenvalue weighted by Crippen LogP contribution is 2.23. The molecule has 1 N–H and O–H groups in total. The molecular weight excluding hydrogens is 348 g/mol. The van der Waals surface area contributed by atoms with Crippen LogP contribution in [0.25, 0.3) is 0 Å². The zero-order valence-corrected chi connectivity index (χ0v) is 14.8. The van der Waals surface area contributed by atoms with Crippen LogP contribution < -0.4 is 5.32 Å². The summed E-state index contributed by atoms with van der Waals surface area (Å²) >= 11 is 0. The van der Waals surface area contributed by atoms with Crippen molar-refractivity contribution >= 4 is 23.3 Å². The normalized spacial score (nSPS) is 12.7. The minimum atomic E-state index is -0.622. The highest BCUT2D eigenvalue weighted by atomic mass is 16.6. The van der Waals surface area contributed by atoms with Crippen LogP contribution in [0.3, 0.4) is 0 Å². The standard InChI is InChI=1S/C20H20N2O5/c23-19(21-17-7-3-4-8-18(17)22(25)26)13-27-20(24)12-14-9-10-15-5-1-2-6-16(15)11-14/h3-4,7-11H,1-2,5-6,12-13H2,(H,21,23). The summed E-state index contributed by atoms with van der Waals surface area (Å²) in [5.41, 5.74) is 3.33. The quantitative estimate of drug-likeness (QED) is 0.480. The van der Waals surface area contributed by atoms with Crippen molar-refractivity contribution in [2.24, 2.45) is 0 Å². The summed E-state index contributed by atoms with van der Waals surface area (Å²) in [6, 6.07) is 11.8. The van der Waals surface area contributed by atoms with Crippen molar-refractivity contribution in [3.8, 4) is 0 Å². The fourth-order valence-electron chi connectivity index (χ4n) is 3.19. The van der Waals surface area contributed by atoms with Gasteiger partial charge in [-0.25, -0.2) is 0 Å². The Morgan fingerprint density at radius 1 is 1.07 bits per heavy atom. The van der Waals surface area contributed by atoms with Gasteiger partial charge in [-0.1, -0.05) is 30.3 Å². The van der Waals surface area contributed by atoms with Crippen molar-refractivity contribution in [2.75, 3.05) is 11.9 Å². The molecule has 0 bridgehead atoms. The number of nitrogens with one attached hydrogen (secondary N) is 1. The lowest BCUT2D eigenvalue weighted by atomic mass is 9.90. The van der Waals surface area contributed by atoms with Crippen LogP contribution in [-0.2, 0) is 33.6 Å². The number of esters is 1. The monoisotopic (exact) mass is 368 g/mol. The van der Waals surface area contributed by atoms with Crippen LogP contribution in [0.2, 0.25) is 0 Å². The number of anilines is 1.